The molecule has 2 aliphatic rings. The Bertz CT molecular complexity index is 1470. The number of hydrogen-bond donors (Lipinski definition) is 1. The molecule has 0 aliphatic heterocycles. The topological polar surface area (TPSA) is 99.2 Å². The molecule has 0 amide bonds. The first-order valence-corrected chi connectivity index (χ1v) is 13.4. The van der Waals surface area contributed by atoms with E-state index >= 15 is 0 Å². The van der Waals surface area contributed by atoms with Crippen molar-refractivity contribution in [2.24, 2.45) is 5.92 Å². The van der Waals surface area contributed by atoms with Gasteiger partial charge in [-0.2, -0.15) is 14.7 Å². The van der Waals surface area contributed by atoms with Crippen LogP contribution in [0.15, 0.2) is 70.8 Å². The number of sulfonamides is 1. The van der Waals surface area contributed by atoms with E-state index in [1.807, 2.05) is 16.9 Å². The summed E-state index contributed by atoms with van der Waals surface area (Å²) in [7, 11) is -3.88. The molecule has 0 spiro atoms. The summed E-state index contributed by atoms with van der Waals surface area (Å²) in [6.07, 6.45) is 4.28. The van der Waals surface area contributed by atoms with Gasteiger partial charge < -0.3 is 5.11 Å². The summed E-state index contributed by atoms with van der Waals surface area (Å²) >= 11 is 0. The maximum Gasteiger partial charge on any atom is 0.243 e. The van der Waals surface area contributed by atoms with Crippen LogP contribution in [0.3, 0.4) is 0 Å². The molecule has 36 heavy (non-hydrogen) atoms. The Kier molecular flexibility index (Phi) is 6.51. The second kappa shape index (κ2) is 9.62. The van der Waals surface area contributed by atoms with Crippen LogP contribution in [-0.4, -0.2) is 47.3 Å². The molecule has 0 bridgehead atoms. The lowest BCUT2D eigenvalue weighted by Gasteiger charge is -2.30. The van der Waals surface area contributed by atoms with E-state index in [2.05, 4.69) is 12.0 Å². The van der Waals surface area contributed by atoms with Crippen molar-refractivity contribution < 1.29 is 17.9 Å². The van der Waals surface area contributed by atoms with E-state index in [1.54, 1.807) is 24.3 Å². The zero-order chi connectivity index (χ0) is 25.4. The van der Waals surface area contributed by atoms with Gasteiger partial charge in [0.1, 0.15) is 5.82 Å². The maximum absolute atomic E-state index is 13.5. The number of allylic oxidation sites excluding steroid dienone is 1. The van der Waals surface area contributed by atoms with Gasteiger partial charge in [-0.1, -0.05) is 24.1 Å². The molecule has 9 heteroatoms. The van der Waals surface area contributed by atoms with Crippen molar-refractivity contribution in [3.8, 4) is 11.8 Å². The third-order valence-corrected chi connectivity index (χ3v) is 9.16. The summed E-state index contributed by atoms with van der Waals surface area (Å²) in [5, 5.41) is 23.4. The van der Waals surface area contributed by atoms with Gasteiger partial charge in [-0.3, -0.25) is 0 Å². The lowest BCUT2D eigenvalue weighted by atomic mass is 9.80. The van der Waals surface area contributed by atoms with E-state index in [1.165, 1.54) is 39.7 Å². The molecule has 1 aromatic heterocycles. The molecule has 0 unspecified atom stereocenters. The molecule has 3 aromatic rings. The smallest absolute Gasteiger partial charge is 0.243 e. The van der Waals surface area contributed by atoms with Crippen LogP contribution in [0.2, 0.25) is 0 Å². The van der Waals surface area contributed by atoms with E-state index in [4.69, 9.17) is 0 Å². The Balaban J connectivity index is 1.43. The Morgan fingerprint density at radius 2 is 2.03 bits per heavy atom. The van der Waals surface area contributed by atoms with Crippen LogP contribution in [0, 0.1) is 23.1 Å². The third-order valence-electron chi connectivity index (χ3n) is 7.30. The highest BCUT2D eigenvalue weighted by Crippen LogP contribution is 2.47. The fraction of sp³-hybridized carbons (Fsp3) is 0.333. The molecular weight excluding hydrogens is 479 g/mol. The molecular formula is C27H27FN4O3S. The van der Waals surface area contributed by atoms with E-state index in [0.717, 1.165) is 36.2 Å². The highest BCUT2D eigenvalue weighted by Gasteiger charge is 2.38. The van der Waals surface area contributed by atoms with E-state index in [0.29, 0.717) is 0 Å². The summed E-state index contributed by atoms with van der Waals surface area (Å²) in [6.45, 7) is 2.09. The molecule has 7 nitrogen and oxygen atoms in total. The van der Waals surface area contributed by atoms with Crippen molar-refractivity contribution in [2.75, 3.05) is 19.7 Å². The molecule has 0 fully saturated rings. The molecule has 2 aromatic carbocycles. The van der Waals surface area contributed by atoms with Gasteiger partial charge >= 0.3 is 0 Å². The van der Waals surface area contributed by atoms with Crippen LogP contribution in [-0.2, 0) is 16.4 Å². The number of rotatable bonds is 7. The number of aromatic nitrogens is 2. The number of nitrogens with zero attached hydrogens (tertiary/aromatic N) is 4. The first-order valence-electron chi connectivity index (χ1n) is 12.0. The van der Waals surface area contributed by atoms with Crippen molar-refractivity contribution in [3.05, 3.63) is 88.5 Å². The summed E-state index contributed by atoms with van der Waals surface area (Å²) in [4.78, 5) is 0.0572. The van der Waals surface area contributed by atoms with Crippen LogP contribution in [0.5, 0.6) is 0 Å². The number of benzene rings is 2. The van der Waals surface area contributed by atoms with Gasteiger partial charge in [0.05, 0.1) is 40.7 Å². The van der Waals surface area contributed by atoms with Gasteiger partial charge in [-0.25, -0.2) is 17.5 Å². The predicted octanol–water partition coefficient (Wildman–Crippen LogP) is 3.93. The Labute approximate surface area is 210 Å². The second-order valence-electron chi connectivity index (χ2n) is 9.35. The average molecular weight is 507 g/mol. The average Bonchev–Trinajstić information content (AvgIpc) is 3.49. The van der Waals surface area contributed by atoms with Crippen LogP contribution in [0.4, 0.5) is 4.39 Å². The van der Waals surface area contributed by atoms with Gasteiger partial charge in [-0.05, 0) is 61.2 Å². The van der Waals surface area contributed by atoms with Gasteiger partial charge in [0.2, 0.25) is 10.0 Å². The lowest BCUT2D eigenvalue weighted by Crippen LogP contribution is -2.38. The second-order valence-corrected chi connectivity index (χ2v) is 11.3. The van der Waals surface area contributed by atoms with Crippen molar-refractivity contribution in [3.63, 3.8) is 0 Å². The van der Waals surface area contributed by atoms with Gasteiger partial charge in [-0.15, -0.1) is 0 Å². The standard InChI is InChI=1S/C27H27FN4O3S/c1-18-25-16-30-32(23-9-7-22(28)8-10-23)26(25)14-20-5-6-21(27(18)20)17-31(11-12-33)36(34,35)24-4-2-3-19(13-24)15-29/h2-4,7-10,13,16,18,21,33H,5-6,11-12,14,17H2,1H3/t18-,21+/m0/s1. The molecule has 2 atom stereocenters. The van der Waals surface area contributed by atoms with Crippen molar-refractivity contribution in [1.82, 2.24) is 14.1 Å². The zero-order valence-corrected chi connectivity index (χ0v) is 20.7. The molecule has 0 radical (unpaired) electrons. The van der Waals surface area contributed by atoms with Gasteiger partial charge in [0.25, 0.3) is 0 Å². The normalized spacial score (nSPS) is 19.3. The first kappa shape index (κ1) is 24.4. The number of aliphatic hydroxyl groups excluding tert-OH is 1. The summed E-state index contributed by atoms with van der Waals surface area (Å²) in [5.74, 6) is -0.192. The highest BCUT2D eigenvalue weighted by molar-refractivity contribution is 7.89. The zero-order valence-electron chi connectivity index (χ0n) is 19.9. The molecule has 0 saturated carbocycles. The fourth-order valence-corrected chi connectivity index (χ4v) is 7.14. The van der Waals surface area contributed by atoms with E-state index < -0.39 is 10.0 Å². The molecule has 1 N–H and O–H groups in total. The minimum absolute atomic E-state index is 0.0135. The van der Waals surface area contributed by atoms with E-state index in [9.17, 15) is 23.2 Å². The van der Waals surface area contributed by atoms with Gasteiger partial charge in [0, 0.05) is 31.0 Å². The predicted molar refractivity (Wildman–Crippen MR) is 132 cm³/mol. The summed E-state index contributed by atoms with van der Waals surface area (Å²) < 4.78 is 43.5. The minimum Gasteiger partial charge on any atom is -0.395 e. The maximum atomic E-state index is 13.5. The number of nitriles is 1. The number of hydrogen-bond acceptors (Lipinski definition) is 5. The largest absolute Gasteiger partial charge is 0.395 e. The highest BCUT2D eigenvalue weighted by atomic mass is 32.2. The lowest BCUT2D eigenvalue weighted by molar-refractivity contribution is 0.243. The van der Waals surface area contributed by atoms with Gasteiger partial charge in [0.15, 0.2) is 0 Å². The number of aliphatic hydroxyl groups is 1. The summed E-state index contributed by atoms with van der Waals surface area (Å²) in [6, 6.07) is 14.3. The third kappa shape index (κ3) is 4.26. The summed E-state index contributed by atoms with van der Waals surface area (Å²) in [5.41, 5.74) is 5.83. The minimum atomic E-state index is -3.88. The Morgan fingerprint density at radius 1 is 1.25 bits per heavy atom. The van der Waals surface area contributed by atoms with Crippen LogP contribution in [0.25, 0.3) is 5.69 Å². The quantitative estimate of drug-likeness (QED) is 0.490. The molecule has 0 saturated heterocycles. The fourth-order valence-electron chi connectivity index (χ4n) is 5.62. The van der Waals surface area contributed by atoms with Crippen molar-refractivity contribution in [1.29, 1.82) is 5.26 Å². The van der Waals surface area contributed by atoms with E-state index in [-0.39, 0.29) is 47.8 Å². The van der Waals surface area contributed by atoms with Crippen molar-refractivity contribution >= 4 is 10.0 Å². The van der Waals surface area contributed by atoms with Crippen LogP contribution < -0.4 is 0 Å². The van der Waals surface area contributed by atoms with Crippen molar-refractivity contribution in [2.45, 2.75) is 37.0 Å². The van der Waals surface area contributed by atoms with Crippen LogP contribution >= 0.6 is 0 Å². The molecule has 2 aliphatic carbocycles. The molecule has 5 rings (SSSR count). The SMILES string of the molecule is C[C@@H]1C2=C(CC[C@@H]2CN(CCO)S(=O)(=O)c2cccc(C#N)c2)Cc2c1cnn2-c1ccc(F)cc1. The Hall–Kier alpha value is -3.32. The Morgan fingerprint density at radius 3 is 2.75 bits per heavy atom. The number of halogens is 1. The molecule has 1 heterocycles. The first-order chi connectivity index (χ1) is 17.3. The monoisotopic (exact) mass is 506 g/mol. The number of fused-ring (bicyclic) bond motifs is 1. The van der Waals surface area contributed by atoms with Crippen LogP contribution in [0.1, 0.15) is 42.5 Å². The molecule has 186 valence electrons.